The molecule has 1 heterocycles. The van der Waals surface area contributed by atoms with Crippen LogP contribution in [0, 0.1) is 6.92 Å². The lowest BCUT2D eigenvalue weighted by Crippen LogP contribution is -2.21. The van der Waals surface area contributed by atoms with Crippen LogP contribution < -0.4 is 5.32 Å². The Balaban J connectivity index is 2.51. The monoisotopic (exact) mass is 333 g/mol. The Kier molecular flexibility index (Phi) is 5.15. The normalized spacial score (nSPS) is 12.7. The number of thiophene rings is 1. The van der Waals surface area contributed by atoms with Crippen molar-refractivity contribution in [2.24, 2.45) is 0 Å². The van der Waals surface area contributed by atoms with Crippen molar-refractivity contribution in [1.29, 1.82) is 0 Å². The minimum Gasteiger partial charge on any atom is -0.306 e. The number of aryl methyl sites for hydroxylation is 1. The lowest BCUT2D eigenvalue weighted by molar-refractivity contribution is 0.640. The van der Waals surface area contributed by atoms with E-state index in [4.69, 9.17) is 34.8 Å². The van der Waals surface area contributed by atoms with Gasteiger partial charge in [-0.2, -0.15) is 0 Å². The summed E-state index contributed by atoms with van der Waals surface area (Å²) in [6.45, 7) is 4.88. The third kappa shape index (κ3) is 3.26. The summed E-state index contributed by atoms with van der Waals surface area (Å²) in [6.07, 6.45) is 0. The Morgan fingerprint density at radius 3 is 2.58 bits per heavy atom. The molecule has 0 radical (unpaired) electrons. The first-order chi connectivity index (χ1) is 9.04. The molecule has 0 saturated heterocycles. The van der Waals surface area contributed by atoms with E-state index in [1.165, 1.54) is 0 Å². The van der Waals surface area contributed by atoms with Gasteiger partial charge in [-0.05, 0) is 48.2 Å². The molecule has 5 heteroatoms. The van der Waals surface area contributed by atoms with Crippen molar-refractivity contribution in [1.82, 2.24) is 5.32 Å². The summed E-state index contributed by atoms with van der Waals surface area (Å²) < 4.78 is 0. The molecule has 1 atom stereocenters. The van der Waals surface area contributed by atoms with Crippen LogP contribution in [0.25, 0.3) is 0 Å². The smallest absolute Gasteiger partial charge is 0.0701 e. The summed E-state index contributed by atoms with van der Waals surface area (Å²) in [5.74, 6) is 0. The molecule has 0 saturated carbocycles. The number of nitrogens with one attached hydrogen (secondary N) is 1. The van der Waals surface area contributed by atoms with Gasteiger partial charge in [0.05, 0.1) is 11.1 Å². The van der Waals surface area contributed by atoms with E-state index >= 15 is 0 Å². The van der Waals surface area contributed by atoms with Gasteiger partial charge in [0.25, 0.3) is 0 Å². The van der Waals surface area contributed by atoms with Crippen molar-refractivity contribution >= 4 is 46.1 Å². The standard InChI is InChI=1S/C14H14Cl3NS/c1-3-18-13(14-12(17)8(2)7-19-14)10-6-9(15)4-5-11(10)16/h4-7,13,18H,3H2,1-2H3. The highest BCUT2D eigenvalue weighted by molar-refractivity contribution is 7.10. The third-order valence-electron chi connectivity index (χ3n) is 2.86. The van der Waals surface area contributed by atoms with E-state index in [9.17, 15) is 0 Å². The van der Waals surface area contributed by atoms with Crippen LogP contribution in [0.3, 0.4) is 0 Å². The summed E-state index contributed by atoms with van der Waals surface area (Å²) in [5.41, 5.74) is 2.04. The van der Waals surface area contributed by atoms with Crippen LogP contribution in [0.1, 0.15) is 29.0 Å². The highest BCUT2D eigenvalue weighted by Crippen LogP contribution is 2.38. The molecule has 1 aromatic heterocycles. The van der Waals surface area contributed by atoms with Gasteiger partial charge in [-0.1, -0.05) is 41.7 Å². The zero-order valence-electron chi connectivity index (χ0n) is 10.6. The van der Waals surface area contributed by atoms with Crippen molar-refractivity contribution < 1.29 is 0 Å². The molecule has 0 spiro atoms. The van der Waals surface area contributed by atoms with Crippen LogP contribution in [0.5, 0.6) is 0 Å². The Hall–Kier alpha value is -0.250. The Morgan fingerprint density at radius 1 is 1.26 bits per heavy atom. The van der Waals surface area contributed by atoms with E-state index < -0.39 is 0 Å². The maximum atomic E-state index is 6.38. The predicted molar refractivity (Wildman–Crippen MR) is 86.0 cm³/mol. The molecule has 102 valence electrons. The fourth-order valence-corrected chi connectivity index (χ4v) is 3.73. The molecule has 0 fully saturated rings. The van der Waals surface area contributed by atoms with Crippen molar-refractivity contribution in [2.45, 2.75) is 19.9 Å². The second kappa shape index (κ2) is 6.47. The maximum Gasteiger partial charge on any atom is 0.0701 e. The van der Waals surface area contributed by atoms with Crippen LogP contribution in [0.15, 0.2) is 23.6 Å². The highest BCUT2D eigenvalue weighted by Gasteiger charge is 2.21. The van der Waals surface area contributed by atoms with Crippen molar-refractivity contribution in [2.75, 3.05) is 6.54 Å². The first kappa shape index (κ1) is 15.1. The Bertz CT molecular complexity index is 580. The average molecular weight is 335 g/mol. The van der Waals surface area contributed by atoms with E-state index in [0.29, 0.717) is 10.0 Å². The van der Waals surface area contributed by atoms with Crippen LogP contribution in [-0.2, 0) is 0 Å². The summed E-state index contributed by atoms with van der Waals surface area (Å²) >= 11 is 20.4. The van der Waals surface area contributed by atoms with Gasteiger partial charge in [-0.3, -0.25) is 0 Å². The number of benzene rings is 1. The Labute approximate surface area is 132 Å². The van der Waals surface area contributed by atoms with Crippen LogP contribution in [0.4, 0.5) is 0 Å². The lowest BCUT2D eigenvalue weighted by atomic mass is 10.0. The fraction of sp³-hybridized carbons (Fsp3) is 0.286. The first-order valence-electron chi connectivity index (χ1n) is 5.96. The van der Waals surface area contributed by atoms with Crippen molar-refractivity contribution in [3.05, 3.63) is 54.7 Å². The molecular weight excluding hydrogens is 321 g/mol. The minimum atomic E-state index is -0.0256. The highest BCUT2D eigenvalue weighted by atomic mass is 35.5. The average Bonchev–Trinajstić information content (AvgIpc) is 2.71. The summed E-state index contributed by atoms with van der Waals surface area (Å²) in [6, 6.07) is 5.47. The summed E-state index contributed by atoms with van der Waals surface area (Å²) in [5, 5.41) is 7.64. The second-order valence-electron chi connectivity index (χ2n) is 4.25. The van der Waals surface area contributed by atoms with E-state index in [1.807, 2.05) is 19.1 Å². The van der Waals surface area contributed by atoms with Gasteiger partial charge in [-0.15, -0.1) is 11.3 Å². The summed E-state index contributed by atoms with van der Waals surface area (Å²) in [7, 11) is 0. The van der Waals surface area contributed by atoms with E-state index in [0.717, 1.165) is 27.6 Å². The largest absolute Gasteiger partial charge is 0.306 e. The molecule has 0 aliphatic heterocycles. The van der Waals surface area contributed by atoms with Crippen molar-refractivity contribution in [3.63, 3.8) is 0 Å². The zero-order valence-corrected chi connectivity index (χ0v) is 13.7. The predicted octanol–water partition coefficient (Wildman–Crippen LogP) is 5.72. The molecule has 0 aliphatic rings. The topological polar surface area (TPSA) is 12.0 Å². The van der Waals surface area contributed by atoms with Gasteiger partial charge in [0.1, 0.15) is 0 Å². The van der Waals surface area contributed by atoms with Gasteiger partial charge in [0, 0.05) is 14.9 Å². The molecule has 2 aromatic rings. The van der Waals surface area contributed by atoms with Gasteiger partial charge in [-0.25, -0.2) is 0 Å². The number of halogens is 3. The maximum absolute atomic E-state index is 6.38. The number of hydrogen-bond acceptors (Lipinski definition) is 2. The lowest BCUT2D eigenvalue weighted by Gasteiger charge is -2.19. The molecule has 1 unspecified atom stereocenters. The first-order valence-corrected chi connectivity index (χ1v) is 7.97. The summed E-state index contributed by atoms with van der Waals surface area (Å²) in [4.78, 5) is 1.07. The van der Waals surface area contributed by atoms with Crippen LogP contribution in [-0.4, -0.2) is 6.54 Å². The van der Waals surface area contributed by atoms with Crippen LogP contribution >= 0.6 is 46.1 Å². The minimum absolute atomic E-state index is 0.0256. The Morgan fingerprint density at radius 2 is 2.00 bits per heavy atom. The molecule has 1 N–H and O–H groups in total. The van der Waals surface area contributed by atoms with Gasteiger partial charge in [0.15, 0.2) is 0 Å². The van der Waals surface area contributed by atoms with Gasteiger partial charge in [0.2, 0.25) is 0 Å². The van der Waals surface area contributed by atoms with E-state index in [1.54, 1.807) is 17.4 Å². The molecule has 0 amide bonds. The van der Waals surface area contributed by atoms with E-state index in [2.05, 4.69) is 17.6 Å². The quantitative estimate of drug-likeness (QED) is 0.754. The molecular formula is C14H14Cl3NS. The van der Waals surface area contributed by atoms with Gasteiger partial charge >= 0.3 is 0 Å². The molecule has 1 nitrogen and oxygen atoms in total. The molecule has 0 aliphatic carbocycles. The van der Waals surface area contributed by atoms with Gasteiger partial charge < -0.3 is 5.32 Å². The molecule has 2 rings (SSSR count). The number of hydrogen-bond donors (Lipinski definition) is 1. The third-order valence-corrected chi connectivity index (χ3v) is 5.22. The van der Waals surface area contributed by atoms with E-state index in [-0.39, 0.29) is 6.04 Å². The van der Waals surface area contributed by atoms with Crippen molar-refractivity contribution in [3.8, 4) is 0 Å². The van der Waals surface area contributed by atoms with Crippen LogP contribution in [0.2, 0.25) is 15.1 Å². The SMILES string of the molecule is CCNC(c1cc(Cl)ccc1Cl)c1scc(C)c1Cl. The zero-order chi connectivity index (χ0) is 14.0. The molecule has 19 heavy (non-hydrogen) atoms. The molecule has 1 aromatic carbocycles. The number of rotatable bonds is 4. The second-order valence-corrected chi connectivity index (χ2v) is 6.39. The fourth-order valence-electron chi connectivity index (χ4n) is 1.93. The molecule has 0 bridgehead atoms.